The molecule has 7 heteroatoms. The molecule has 0 spiro atoms. The number of nitrogens with zero attached hydrogens (tertiary/aromatic N) is 2. The van der Waals surface area contributed by atoms with Crippen molar-refractivity contribution in [2.45, 2.75) is 0 Å². The van der Waals surface area contributed by atoms with Crippen LogP contribution >= 0.6 is 11.6 Å². The first-order valence-corrected chi connectivity index (χ1v) is 7.42. The van der Waals surface area contributed by atoms with E-state index in [0.717, 1.165) is 0 Å². The molecule has 118 valence electrons. The van der Waals surface area contributed by atoms with E-state index in [9.17, 15) is 14.0 Å². The van der Waals surface area contributed by atoms with Gasteiger partial charge in [0.2, 0.25) is 0 Å². The maximum absolute atomic E-state index is 13.3. The third kappa shape index (κ3) is 2.19. The smallest absolute Gasteiger partial charge is 0.294 e. The molecular weight excluding hydrogens is 333 g/mol. The van der Waals surface area contributed by atoms with Gasteiger partial charge in [0.05, 0.1) is 11.1 Å². The molecule has 0 amide bonds. The molecule has 0 aliphatic carbocycles. The van der Waals surface area contributed by atoms with Crippen LogP contribution in [0.1, 0.15) is 0 Å². The van der Waals surface area contributed by atoms with Crippen molar-refractivity contribution in [3.05, 3.63) is 80.2 Å². The van der Waals surface area contributed by atoms with Crippen molar-refractivity contribution < 1.29 is 4.39 Å². The maximum Gasteiger partial charge on any atom is 0.349 e. The predicted octanol–water partition coefficient (Wildman–Crippen LogP) is 2.97. The highest BCUT2D eigenvalue weighted by Gasteiger charge is 2.19. The molecular formula is C17H9ClFN3O2. The summed E-state index contributed by atoms with van der Waals surface area (Å²) in [6.07, 6.45) is 0. The fraction of sp³-hybridized carbons (Fsp3) is 0. The van der Waals surface area contributed by atoms with Gasteiger partial charge in [0.15, 0.2) is 5.82 Å². The third-order valence-electron chi connectivity index (χ3n) is 3.77. The second kappa shape index (κ2) is 5.28. The van der Waals surface area contributed by atoms with Crippen molar-refractivity contribution in [2.75, 3.05) is 0 Å². The van der Waals surface area contributed by atoms with Crippen LogP contribution in [-0.2, 0) is 0 Å². The van der Waals surface area contributed by atoms with Gasteiger partial charge >= 0.3 is 5.69 Å². The average Bonchev–Trinajstić information content (AvgIpc) is 2.55. The number of nitrogens with one attached hydrogen (secondary N) is 1. The van der Waals surface area contributed by atoms with Gasteiger partial charge in [-0.2, -0.15) is 4.98 Å². The molecule has 5 nitrogen and oxygen atoms in total. The number of aromatic amines is 1. The number of hydrogen-bond donors (Lipinski definition) is 1. The van der Waals surface area contributed by atoms with E-state index in [1.807, 2.05) is 0 Å². The summed E-state index contributed by atoms with van der Waals surface area (Å²) in [5.41, 5.74) is 0.137. The summed E-state index contributed by atoms with van der Waals surface area (Å²) < 4.78 is 14.9. The molecule has 0 saturated heterocycles. The van der Waals surface area contributed by atoms with Crippen LogP contribution in [0.25, 0.3) is 28.0 Å². The Labute approximate surface area is 139 Å². The van der Waals surface area contributed by atoms with Gasteiger partial charge in [0.1, 0.15) is 5.82 Å². The van der Waals surface area contributed by atoms with Crippen LogP contribution in [-0.4, -0.2) is 14.5 Å². The second-order valence-electron chi connectivity index (χ2n) is 5.24. The highest BCUT2D eigenvalue weighted by Crippen LogP contribution is 2.31. The van der Waals surface area contributed by atoms with E-state index in [0.29, 0.717) is 21.6 Å². The highest BCUT2D eigenvalue weighted by molar-refractivity contribution is 6.35. The summed E-state index contributed by atoms with van der Waals surface area (Å²) in [4.78, 5) is 29.9. The molecule has 2 aliphatic rings. The Bertz CT molecular complexity index is 1170. The summed E-state index contributed by atoms with van der Waals surface area (Å²) >= 11 is 6.26. The fourth-order valence-corrected chi connectivity index (χ4v) is 2.95. The van der Waals surface area contributed by atoms with Crippen molar-refractivity contribution in [2.24, 2.45) is 0 Å². The van der Waals surface area contributed by atoms with Crippen LogP contribution in [0.2, 0.25) is 5.02 Å². The number of halogens is 2. The summed E-state index contributed by atoms with van der Waals surface area (Å²) in [5, 5.41) is 1.08. The van der Waals surface area contributed by atoms with E-state index < -0.39 is 17.1 Å². The van der Waals surface area contributed by atoms with E-state index >= 15 is 0 Å². The van der Waals surface area contributed by atoms with Gasteiger partial charge in [-0.05, 0) is 42.5 Å². The number of rotatable bonds is 1. The molecule has 0 bridgehead atoms. The third-order valence-corrected chi connectivity index (χ3v) is 4.10. The Morgan fingerprint density at radius 3 is 2.58 bits per heavy atom. The zero-order valence-electron chi connectivity index (χ0n) is 12.1. The molecule has 0 aromatic heterocycles. The second-order valence-corrected chi connectivity index (χ2v) is 5.64. The lowest BCUT2D eigenvalue weighted by molar-refractivity contribution is 0.627. The minimum absolute atomic E-state index is 0.185. The van der Waals surface area contributed by atoms with Gasteiger partial charge in [-0.3, -0.25) is 14.3 Å². The minimum Gasteiger partial charge on any atom is -0.294 e. The number of fused-ring (bicyclic) bond motifs is 2. The monoisotopic (exact) mass is 341 g/mol. The zero-order chi connectivity index (χ0) is 16.8. The Kier molecular flexibility index (Phi) is 3.21. The number of pyridine rings is 1. The molecule has 0 radical (unpaired) electrons. The molecule has 0 fully saturated rings. The van der Waals surface area contributed by atoms with Crippen molar-refractivity contribution in [1.29, 1.82) is 0 Å². The van der Waals surface area contributed by atoms with Crippen LogP contribution in [0.4, 0.5) is 4.39 Å². The molecule has 0 atom stereocenters. The highest BCUT2D eigenvalue weighted by atomic mass is 35.5. The molecule has 0 unspecified atom stereocenters. The Hall–Kier alpha value is -2.99. The van der Waals surface area contributed by atoms with Crippen molar-refractivity contribution in [3.63, 3.8) is 0 Å². The Morgan fingerprint density at radius 2 is 1.83 bits per heavy atom. The Balaban J connectivity index is 2.26. The summed E-state index contributed by atoms with van der Waals surface area (Å²) in [6, 6.07) is 12.5. The largest absolute Gasteiger partial charge is 0.349 e. The average molecular weight is 342 g/mol. The number of hydrogen-bond acceptors (Lipinski definition) is 3. The van der Waals surface area contributed by atoms with Crippen molar-refractivity contribution in [1.82, 2.24) is 14.5 Å². The van der Waals surface area contributed by atoms with E-state index in [2.05, 4.69) is 9.97 Å². The summed E-state index contributed by atoms with van der Waals surface area (Å²) in [5.74, 6) is -0.206. The van der Waals surface area contributed by atoms with Crippen LogP contribution in [0.15, 0.2) is 58.1 Å². The lowest BCUT2D eigenvalue weighted by Gasteiger charge is -2.18. The SMILES string of the molecule is O=c1nc2n(-c3ccc(F)cc3)c3cccc(Cl)c3cc-2c(=O)[nH]1. The van der Waals surface area contributed by atoms with E-state index in [-0.39, 0.29) is 11.4 Å². The van der Waals surface area contributed by atoms with Crippen LogP contribution in [0.5, 0.6) is 0 Å². The van der Waals surface area contributed by atoms with Crippen LogP contribution in [0, 0.1) is 5.82 Å². The summed E-state index contributed by atoms with van der Waals surface area (Å²) in [6.45, 7) is 0. The molecule has 2 aromatic rings. The zero-order valence-corrected chi connectivity index (χ0v) is 12.8. The first-order chi connectivity index (χ1) is 11.5. The molecule has 2 aliphatic heterocycles. The molecule has 1 N–H and O–H groups in total. The normalized spacial score (nSPS) is 11.2. The van der Waals surface area contributed by atoms with Gasteiger partial charge in [0, 0.05) is 16.1 Å². The number of H-pyrrole nitrogens is 1. The minimum atomic E-state index is -0.746. The molecule has 2 heterocycles. The quantitative estimate of drug-likeness (QED) is 0.541. The number of benzene rings is 2. The van der Waals surface area contributed by atoms with Gasteiger partial charge in [-0.1, -0.05) is 17.7 Å². The molecule has 0 saturated carbocycles. The lowest BCUT2D eigenvalue weighted by atomic mass is 10.1. The molecule has 24 heavy (non-hydrogen) atoms. The molecule has 4 rings (SSSR count). The first-order valence-electron chi connectivity index (χ1n) is 7.05. The first kappa shape index (κ1) is 14.6. The van der Waals surface area contributed by atoms with E-state index in [1.165, 1.54) is 12.1 Å². The fourth-order valence-electron chi connectivity index (χ4n) is 2.72. The van der Waals surface area contributed by atoms with Gasteiger partial charge < -0.3 is 0 Å². The molecule has 2 aromatic carbocycles. The lowest BCUT2D eigenvalue weighted by Crippen LogP contribution is -2.27. The van der Waals surface area contributed by atoms with Crippen molar-refractivity contribution in [3.8, 4) is 17.1 Å². The standard InChI is InChI=1S/C17H9ClFN3O2/c18-13-2-1-3-14-11(13)8-12-15(20-17(24)21-16(12)23)22(14)10-6-4-9(19)5-7-10/h1-8H,(H,21,23,24). The maximum atomic E-state index is 13.3. The van der Waals surface area contributed by atoms with Gasteiger partial charge in [-0.25, -0.2) is 9.18 Å². The number of aromatic nitrogens is 3. The van der Waals surface area contributed by atoms with Crippen molar-refractivity contribution >= 4 is 22.5 Å². The van der Waals surface area contributed by atoms with Crippen LogP contribution < -0.4 is 11.2 Å². The van der Waals surface area contributed by atoms with Crippen LogP contribution in [0.3, 0.4) is 0 Å². The predicted molar refractivity (Wildman–Crippen MR) is 89.6 cm³/mol. The van der Waals surface area contributed by atoms with E-state index in [1.54, 1.807) is 41.0 Å². The topological polar surface area (TPSA) is 67.8 Å². The van der Waals surface area contributed by atoms with Gasteiger partial charge in [0.25, 0.3) is 5.56 Å². The van der Waals surface area contributed by atoms with Gasteiger partial charge in [-0.15, -0.1) is 0 Å². The van der Waals surface area contributed by atoms with E-state index in [4.69, 9.17) is 11.6 Å². The summed E-state index contributed by atoms with van der Waals surface area (Å²) in [7, 11) is 0. The Morgan fingerprint density at radius 1 is 1.08 bits per heavy atom.